The molecule has 0 saturated heterocycles. The van der Waals surface area contributed by atoms with Crippen molar-refractivity contribution in [2.75, 3.05) is 11.1 Å². The number of hydrogen-bond donors (Lipinski definition) is 1. The smallest absolute Gasteiger partial charge is 0.263 e. The molecule has 0 aliphatic rings. The molecule has 1 N–H and O–H groups in total. The number of nitrogens with one attached hydrogen (secondary N) is 1. The zero-order valence-corrected chi connectivity index (χ0v) is 21.4. The SMILES string of the molecule is CCn1c(SCC(=O)Nc2c(C#N)c(C)c(C)n2-c2ccccc2)nc2sc(C)c(C)c2c1=O. The lowest BCUT2D eigenvalue weighted by atomic mass is 10.2. The van der Waals surface area contributed by atoms with E-state index >= 15 is 0 Å². The highest BCUT2D eigenvalue weighted by Gasteiger charge is 2.22. The number of thiophene rings is 1. The van der Waals surface area contributed by atoms with Crippen LogP contribution in [0.5, 0.6) is 0 Å². The number of anilines is 1. The maximum atomic E-state index is 13.1. The molecule has 0 radical (unpaired) electrons. The Balaban J connectivity index is 1.64. The highest BCUT2D eigenvalue weighted by atomic mass is 32.2. The molecule has 34 heavy (non-hydrogen) atoms. The van der Waals surface area contributed by atoms with Crippen molar-refractivity contribution in [2.45, 2.75) is 46.3 Å². The van der Waals surface area contributed by atoms with Gasteiger partial charge in [-0.05, 0) is 57.9 Å². The maximum absolute atomic E-state index is 13.1. The van der Waals surface area contributed by atoms with E-state index in [1.807, 2.05) is 69.5 Å². The molecule has 0 bridgehead atoms. The number of carbonyl (C=O) groups is 1. The van der Waals surface area contributed by atoms with Crippen molar-refractivity contribution in [1.29, 1.82) is 5.26 Å². The van der Waals surface area contributed by atoms with Crippen LogP contribution in [0.4, 0.5) is 5.82 Å². The van der Waals surface area contributed by atoms with Gasteiger partial charge in [0.15, 0.2) is 5.16 Å². The molecule has 4 aromatic rings. The highest BCUT2D eigenvalue weighted by molar-refractivity contribution is 7.99. The lowest BCUT2D eigenvalue weighted by Crippen LogP contribution is -2.23. The molecule has 0 spiro atoms. The van der Waals surface area contributed by atoms with Crippen molar-refractivity contribution in [2.24, 2.45) is 0 Å². The number of carbonyl (C=O) groups excluding carboxylic acids is 1. The van der Waals surface area contributed by atoms with Gasteiger partial charge in [0.25, 0.3) is 5.56 Å². The average molecular weight is 492 g/mol. The van der Waals surface area contributed by atoms with E-state index in [4.69, 9.17) is 4.98 Å². The summed E-state index contributed by atoms with van der Waals surface area (Å²) in [4.78, 5) is 32.5. The van der Waals surface area contributed by atoms with Crippen molar-refractivity contribution in [1.82, 2.24) is 14.1 Å². The normalized spacial score (nSPS) is 11.1. The average Bonchev–Trinajstić information content (AvgIpc) is 3.24. The Morgan fingerprint density at radius 3 is 2.53 bits per heavy atom. The van der Waals surface area contributed by atoms with Crippen LogP contribution in [0.3, 0.4) is 0 Å². The second kappa shape index (κ2) is 9.49. The van der Waals surface area contributed by atoms with Crippen LogP contribution in [-0.2, 0) is 11.3 Å². The summed E-state index contributed by atoms with van der Waals surface area (Å²) in [7, 11) is 0. The van der Waals surface area contributed by atoms with E-state index in [1.165, 1.54) is 23.1 Å². The van der Waals surface area contributed by atoms with Crippen molar-refractivity contribution in [3.05, 3.63) is 67.9 Å². The van der Waals surface area contributed by atoms with Crippen LogP contribution >= 0.6 is 23.1 Å². The molecule has 0 aliphatic heterocycles. The van der Waals surface area contributed by atoms with Gasteiger partial charge in [-0.25, -0.2) is 4.98 Å². The molecule has 4 rings (SSSR count). The van der Waals surface area contributed by atoms with Crippen molar-refractivity contribution >= 4 is 45.0 Å². The fourth-order valence-corrected chi connectivity index (χ4v) is 5.89. The predicted octanol–water partition coefficient (Wildman–Crippen LogP) is 5.10. The highest BCUT2D eigenvalue weighted by Crippen LogP contribution is 2.31. The minimum Gasteiger partial charge on any atom is -0.310 e. The maximum Gasteiger partial charge on any atom is 0.263 e. The molecular weight excluding hydrogens is 466 g/mol. The number of fused-ring (bicyclic) bond motifs is 1. The van der Waals surface area contributed by atoms with E-state index in [-0.39, 0.29) is 17.2 Å². The number of thioether (sulfide) groups is 1. The zero-order valence-electron chi connectivity index (χ0n) is 19.7. The lowest BCUT2D eigenvalue weighted by molar-refractivity contribution is -0.113. The van der Waals surface area contributed by atoms with Gasteiger partial charge in [0, 0.05) is 22.8 Å². The number of nitrogens with zero attached hydrogens (tertiary/aromatic N) is 4. The van der Waals surface area contributed by atoms with Gasteiger partial charge in [-0.3, -0.25) is 18.7 Å². The summed E-state index contributed by atoms with van der Waals surface area (Å²) in [5.74, 6) is 0.242. The first kappa shape index (κ1) is 23.8. The van der Waals surface area contributed by atoms with Gasteiger partial charge in [-0.1, -0.05) is 30.0 Å². The number of aryl methyl sites for hydroxylation is 2. The first-order valence-electron chi connectivity index (χ1n) is 10.9. The summed E-state index contributed by atoms with van der Waals surface area (Å²) in [6.45, 7) is 10.1. The first-order valence-corrected chi connectivity index (χ1v) is 12.7. The van der Waals surface area contributed by atoms with Gasteiger partial charge < -0.3 is 5.32 Å². The van der Waals surface area contributed by atoms with E-state index in [2.05, 4.69) is 11.4 Å². The fourth-order valence-electron chi connectivity index (χ4n) is 3.96. The molecule has 0 saturated carbocycles. The molecule has 0 aliphatic carbocycles. The van der Waals surface area contributed by atoms with Crippen LogP contribution in [0.25, 0.3) is 15.9 Å². The van der Waals surface area contributed by atoms with Gasteiger partial charge >= 0.3 is 0 Å². The van der Waals surface area contributed by atoms with Crippen molar-refractivity contribution in [3.8, 4) is 11.8 Å². The third-order valence-electron chi connectivity index (χ3n) is 6.00. The Labute approximate surface area is 206 Å². The van der Waals surface area contributed by atoms with E-state index < -0.39 is 0 Å². The van der Waals surface area contributed by atoms with E-state index in [9.17, 15) is 14.9 Å². The Kier molecular flexibility index (Phi) is 6.64. The minimum atomic E-state index is -0.272. The molecule has 3 heterocycles. The Hall–Kier alpha value is -3.35. The quantitative estimate of drug-likeness (QED) is 0.299. The molecular formula is C25H25N5O2S2. The molecule has 0 fully saturated rings. The van der Waals surface area contributed by atoms with Crippen LogP contribution in [-0.4, -0.2) is 25.8 Å². The van der Waals surface area contributed by atoms with E-state index in [1.54, 1.807) is 4.57 Å². The largest absolute Gasteiger partial charge is 0.310 e. The molecule has 174 valence electrons. The monoisotopic (exact) mass is 491 g/mol. The van der Waals surface area contributed by atoms with Gasteiger partial charge in [-0.2, -0.15) is 5.26 Å². The summed E-state index contributed by atoms with van der Waals surface area (Å²) in [6.07, 6.45) is 0. The molecule has 1 amide bonds. The Bertz CT molecular complexity index is 1510. The summed E-state index contributed by atoms with van der Waals surface area (Å²) in [6, 6.07) is 11.8. The molecule has 0 unspecified atom stereocenters. The van der Waals surface area contributed by atoms with Gasteiger partial charge in [0.1, 0.15) is 16.7 Å². The van der Waals surface area contributed by atoms with Crippen molar-refractivity contribution < 1.29 is 4.79 Å². The molecule has 0 atom stereocenters. The number of hydrogen-bond acceptors (Lipinski definition) is 6. The number of aromatic nitrogens is 3. The summed E-state index contributed by atoms with van der Waals surface area (Å²) in [5, 5.41) is 13.9. The molecule has 1 aromatic carbocycles. The third kappa shape index (κ3) is 4.04. The third-order valence-corrected chi connectivity index (χ3v) is 8.08. The molecule has 9 heteroatoms. The summed E-state index contributed by atoms with van der Waals surface area (Å²) < 4.78 is 3.50. The number of benzene rings is 1. The van der Waals surface area contributed by atoms with Gasteiger partial charge in [-0.15, -0.1) is 11.3 Å². The molecule has 3 aromatic heterocycles. The second-order valence-corrected chi connectivity index (χ2v) is 10.1. The minimum absolute atomic E-state index is 0.0597. The zero-order chi connectivity index (χ0) is 24.6. The topological polar surface area (TPSA) is 92.7 Å². The van der Waals surface area contributed by atoms with Crippen LogP contribution in [0, 0.1) is 39.0 Å². The van der Waals surface area contributed by atoms with Crippen LogP contribution in [0.1, 0.15) is 34.2 Å². The van der Waals surface area contributed by atoms with Gasteiger partial charge in [0.2, 0.25) is 5.91 Å². The Morgan fingerprint density at radius 1 is 1.18 bits per heavy atom. The van der Waals surface area contributed by atoms with Crippen LogP contribution < -0.4 is 10.9 Å². The number of rotatable bonds is 6. The van der Waals surface area contributed by atoms with E-state index in [0.717, 1.165) is 27.4 Å². The predicted molar refractivity (Wildman–Crippen MR) is 138 cm³/mol. The van der Waals surface area contributed by atoms with Crippen LogP contribution in [0.2, 0.25) is 0 Å². The van der Waals surface area contributed by atoms with Crippen LogP contribution in [0.15, 0.2) is 40.3 Å². The summed E-state index contributed by atoms with van der Waals surface area (Å²) >= 11 is 2.72. The molecule has 7 nitrogen and oxygen atoms in total. The number of nitriles is 1. The van der Waals surface area contributed by atoms with E-state index in [0.29, 0.717) is 33.3 Å². The van der Waals surface area contributed by atoms with Crippen molar-refractivity contribution in [3.63, 3.8) is 0 Å². The first-order chi connectivity index (χ1) is 16.3. The number of para-hydroxylation sites is 1. The lowest BCUT2D eigenvalue weighted by Gasteiger charge is -2.14. The second-order valence-electron chi connectivity index (χ2n) is 7.96. The number of amides is 1. The van der Waals surface area contributed by atoms with Gasteiger partial charge in [0.05, 0.1) is 16.7 Å². The summed E-state index contributed by atoms with van der Waals surface area (Å²) in [5.41, 5.74) is 3.90. The standard InChI is InChI=1S/C25H25N5O2S2/c1-6-29-24(32)21-15(3)17(5)34-23(21)28-25(29)33-13-20(31)27-22-19(12-26)14(2)16(4)30(22)18-10-8-7-9-11-18/h7-11H,6,13H2,1-5H3,(H,27,31). The fraction of sp³-hybridized carbons (Fsp3) is 0.280. The Morgan fingerprint density at radius 2 is 1.88 bits per heavy atom.